The highest BCUT2D eigenvalue weighted by Crippen LogP contribution is 2.45. The van der Waals surface area contributed by atoms with Crippen molar-refractivity contribution in [3.05, 3.63) is 98.5 Å². The van der Waals surface area contributed by atoms with Gasteiger partial charge in [0.25, 0.3) is 5.91 Å². The lowest BCUT2D eigenvalue weighted by molar-refractivity contribution is -0.136. The van der Waals surface area contributed by atoms with Gasteiger partial charge in [0.1, 0.15) is 0 Å². The van der Waals surface area contributed by atoms with Crippen molar-refractivity contribution in [3.8, 4) is 0 Å². The molecular weight excluding hydrogens is 466 g/mol. The summed E-state index contributed by atoms with van der Waals surface area (Å²) in [5.41, 5.74) is 1.39. The zero-order chi connectivity index (χ0) is 21.5. The maximum atomic E-state index is 13.4. The molecule has 3 aromatic rings. The molecule has 0 radical (unpaired) electrons. The van der Waals surface area contributed by atoms with Crippen LogP contribution in [0.4, 0.5) is 5.69 Å². The maximum absolute atomic E-state index is 13.4. The van der Waals surface area contributed by atoms with Crippen LogP contribution in [0.5, 0.6) is 0 Å². The first kappa shape index (κ1) is 20.8. The number of aliphatic hydroxyl groups is 1. The van der Waals surface area contributed by atoms with Crippen LogP contribution in [0.15, 0.2) is 71.2 Å². The molecule has 4 nitrogen and oxygen atoms in total. The Hall–Kier alpha value is -2.47. The molecule has 0 aromatic heterocycles. The first-order valence-electron chi connectivity index (χ1n) is 9.47. The third-order valence-electron chi connectivity index (χ3n) is 5.35. The molecular formula is C24H19BrClNO3. The van der Waals surface area contributed by atoms with E-state index < -0.39 is 11.5 Å². The van der Waals surface area contributed by atoms with Gasteiger partial charge in [-0.25, -0.2) is 0 Å². The maximum Gasteiger partial charge on any atom is 0.264 e. The number of hydrogen-bond donors (Lipinski definition) is 1. The molecule has 0 bridgehead atoms. The summed E-state index contributed by atoms with van der Waals surface area (Å²) in [6.45, 7) is 2.30. The average Bonchev–Trinajstić information content (AvgIpc) is 2.91. The zero-order valence-corrected chi connectivity index (χ0v) is 18.6. The number of anilines is 1. The average molecular weight is 485 g/mol. The second-order valence-electron chi connectivity index (χ2n) is 7.48. The lowest BCUT2D eigenvalue weighted by Gasteiger charge is -2.23. The lowest BCUT2D eigenvalue weighted by Crippen LogP contribution is -2.41. The minimum Gasteiger partial charge on any atom is -0.375 e. The normalized spacial score (nSPS) is 17.9. The Bertz CT molecular complexity index is 1150. The number of ketones is 1. The van der Waals surface area contributed by atoms with Crippen LogP contribution in [0.3, 0.4) is 0 Å². The minimum atomic E-state index is -1.96. The second-order valence-corrected chi connectivity index (χ2v) is 8.80. The van der Waals surface area contributed by atoms with Gasteiger partial charge in [0.05, 0.1) is 23.7 Å². The summed E-state index contributed by atoms with van der Waals surface area (Å²) in [6, 6.07) is 19.8. The van der Waals surface area contributed by atoms with Crippen molar-refractivity contribution in [2.24, 2.45) is 0 Å². The van der Waals surface area contributed by atoms with Crippen LogP contribution in [0.1, 0.15) is 33.5 Å². The van der Waals surface area contributed by atoms with Gasteiger partial charge < -0.3 is 10.0 Å². The summed E-state index contributed by atoms with van der Waals surface area (Å²) >= 11 is 9.56. The van der Waals surface area contributed by atoms with E-state index in [1.54, 1.807) is 36.4 Å². The fourth-order valence-corrected chi connectivity index (χ4v) is 4.34. The molecule has 0 saturated heterocycles. The Labute approximate surface area is 188 Å². The smallest absolute Gasteiger partial charge is 0.264 e. The number of amides is 1. The predicted octanol–water partition coefficient (Wildman–Crippen LogP) is 5.42. The van der Waals surface area contributed by atoms with Gasteiger partial charge in [-0.15, -0.1) is 0 Å². The minimum absolute atomic E-state index is 0.286. The molecule has 1 aliphatic rings. The third kappa shape index (κ3) is 3.69. The molecule has 4 rings (SSSR count). The van der Waals surface area contributed by atoms with E-state index in [0.29, 0.717) is 22.8 Å². The summed E-state index contributed by atoms with van der Waals surface area (Å²) < 4.78 is 0.717. The Kier molecular flexibility index (Phi) is 5.53. The predicted molar refractivity (Wildman–Crippen MR) is 121 cm³/mol. The molecule has 1 amide bonds. The Morgan fingerprint density at radius 2 is 1.80 bits per heavy atom. The highest BCUT2D eigenvalue weighted by atomic mass is 79.9. The van der Waals surface area contributed by atoms with Gasteiger partial charge in [-0.3, -0.25) is 9.59 Å². The molecule has 1 heterocycles. The van der Waals surface area contributed by atoms with Crippen LogP contribution in [-0.2, 0) is 16.9 Å². The molecule has 0 fully saturated rings. The molecule has 1 atom stereocenters. The molecule has 0 spiro atoms. The van der Waals surface area contributed by atoms with Gasteiger partial charge in [0, 0.05) is 15.6 Å². The number of rotatable bonds is 5. The standard InChI is InChI=1S/C24H19BrClNO3/c1-15-6-8-16(9-7-15)14-27-21-11-10-17(25)12-19(21)24(30,23(27)29)13-22(28)18-4-2-3-5-20(18)26/h2-12,30H,13-14H2,1H3. The molecule has 6 heteroatoms. The van der Waals surface area contributed by atoms with Crippen molar-refractivity contribution in [1.82, 2.24) is 0 Å². The van der Waals surface area contributed by atoms with Gasteiger partial charge in [-0.2, -0.15) is 0 Å². The van der Waals surface area contributed by atoms with Crippen LogP contribution in [-0.4, -0.2) is 16.8 Å². The summed E-state index contributed by atoms with van der Waals surface area (Å²) in [7, 11) is 0. The number of aryl methyl sites for hydroxylation is 1. The Morgan fingerprint density at radius 1 is 1.10 bits per heavy atom. The van der Waals surface area contributed by atoms with E-state index in [-0.39, 0.29) is 17.8 Å². The van der Waals surface area contributed by atoms with Gasteiger partial charge in [0.2, 0.25) is 0 Å². The molecule has 0 aliphatic carbocycles. The van der Waals surface area contributed by atoms with E-state index in [4.69, 9.17) is 11.6 Å². The van der Waals surface area contributed by atoms with Crippen LogP contribution in [0.25, 0.3) is 0 Å². The number of benzene rings is 3. The molecule has 1 aliphatic heterocycles. The zero-order valence-electron chi connectivity index (χ0n) is 16.2. The number of halogens is 2. The van der Waals surface area contributed by atoms with Crippen LogP contribution in [0.2, 0.25) is 5.02 Å². The molecule has 3 aromatic carbocycles. The Morgan fingerprint density at radius 3 is 2.50 bits per heavy atom. The molecule has 1 N–H and O–H groups in total. The van der Waals surface area contributed by atoms with E-state index in [1.807, 2.05) is 37.3 Å². The number of carbonyl (C=O) groups excluding carboxylic acids is 2. The van der Waals surface area contributed by atoms with Gasteiger partial charge >= 0.3 is 0 Å². The fraction of sp³-hybridized carbons (Fsp3) is 0.167. The monoisotopic (exact) mass is 483 g/mol. The lowest BCUT2D eigenvalue weighted by atomic mass is 9.88. The van der Waals surface area contributed by atoms with Crippen LogP contribution in [0, 0.1) is 6.92 Å². The van der Waals surface area contributed by atoms with Crippen molar-refractivity contribution < 1.29 is 14.7 Å². The van der Waals surface area contributed by atoms with Crippen molar-refractivity contribution >= 4 is 44.9 Å². The number of nitrogens with zero attached hydrogens (tertiary/aromatic N) is 1. The molecule has 152 valence electrons. The summed E-state index contributed by atoms with van der Waals surface area (Å²) in [6.07, 6.45) is -0.385. The van der Waals surface area contributed by atoms with Crippen molar-refractivity contribution in [2.75, 3.05) is 4.90 Å². The highest BCUT2D eigenvalue weighted by Gasteiger charge is 2.51. The van der Waals surface area contributed by atoms with Gasteiger partial charge in [-0.05, 0) is 42.8 Å². The van der Waals surface area contributed by atoms with Crippen molar-refractivity contribution in [3.63, 3.8) is 0 Å². The van der Waals surface area contributed by atoms with E-state index in [0.717, 1.165) is 15.6 Å². The van der Waals surface area contributed by atoms with Gasteiger partial charge in [-0.1, -0.05) is 69.5 Å². The topological polar surface area (TPSA) is 57.6 Å². The molecule has 30 heavy (non-hydrogen) atoms. The largest absolute Gasteiger partial charge is 0.375 e. The second kappa shape index (κ2) is 7.99. The quantitative estimate of drug-likeness (QED) is 0.492. The number of carbonyl (C=O) groups is 2. The first-order valence-corrected chi connectivity index (χ1v) is 10.6. The SMILES string of the molecule is Cc1ccc(CN2C(=O)C(O)(CC(=O)c3ccccc3Cl)c3cc(Br)ccc32)cc1. The van der Waals surface area contributed by atoms with Crippen molar-refractivity contribution in [2.45, 2.75) is 25.5 Å². The van der Waals surface area contributed by atoms with E-state index in [1.165, 1.54) is 4.90 Å². The number of fused-ring (bicyclic) bond motifs is 1. The molecule has 1 unspecified atom stereocenters. The number of Topliss-reactive ketones (excluding diaryl/α,β-unsaturated/α-hetero) is 1. The highest BCUT2D eigenvalue weighted by molar-refractivity contribution is 9.10. The van der Waals surface area contributed by atoms with Crippen LogP contribution < -0.4 is 4.90 Å². The number of hydrogen-bond acceptors (Lipinski definition) is 3. The van der Waals surface area contributed by atoms with E-state index in [9.17, 15) is 14.7 Å². The van der Waals surface area contributed by atoms with Gasteiger partial charge in [0.15, 0.2) is 11.4 Å². The fourth-order valence-electron chi connectivity index (χ4n) is 3.74. The summed E-state index contributed by atoms with van der Waals surface area (Å²) in [4.78, 5) is 27.9. The Balaban J connectivity index is 1.72. The summed E-state index contributed by atoms with van der Waals surface area (Å²) in [5, 5.41) is 11.8. The van der Waals surface area contributed by atoms with E-state index in [2.05, 4.69) is 15.9 Å². The van der Waals surface area contributed by atoms with E-state index >= 15 is 0 Å². The van der Waals surface area contributed by atoms with Crippen molar-refractivity contribution in [1.29, 1.82) is 0 Å². The first-order chi connectivity index (χ1) is 14.3. The summed E-state index contributed by atoms with van der Waals surface area (Å²) in [5.74, 6) is -0.906. The molecule has 0 saturated carbocycles. The third-order valence-corrected chi connectivity index (χ3v) is 6.17. The van der Waals surface area contributed by atoms with Crippen LogP contribution >= 0.6 is 27.5 Å².